The van der Waals surface area contributed by atoms with Crippen LogP contribution < -0.4 is 5.73 Å². The molecule has 106 valence electrons. The zero-order valence-corrected chi connectivity index (χ0v) is 12.9. The summed E-state index contributed by atoms with van der Waals surface area (Å²) in [7, 11) is 1.77. The maximum atomic E-state index is 12.3. The molecule has 20 heavy (non-hydrogen) atoms. The molecule has 0 aliphatic heterocycles. The van der Waals surface area contributed by atoms with Crippen molar-refractivity contribution in [1.29, 1.82) is 0 Å². The molecule has 0 unspecified atom stereocenters. The van der Waals surface area contributed by atoms with E-state index in [1.54, 1.807) is 24.5 Å². The molecule has 0 saturated heterocycles. The molecule has 1 aromatic heterocycles. The van der Waals surface area contributed by atoms with Crippen molar-refractivity contribution in [2.45, 2.75) is 13.1 Å². The van der Waals surface area contributed by atoms with Gasteiger partial charge < -0.3 is 15.2 Å². The summed E-state index contributed by atoms with van der Waals surface area (Å²) in [6.45, 7) is 1.73. The zero-order chi connectivity index (χ0) is 14.5. The first-order valence-electron chi connectivity index (χ1n) is 6.32. The normalized spacial score (nSPS) is 10.6. The molecule has 1 amide bonds. The number of hydrogen-bond acceptors (Lipinski definition) is 3. The second kappa shape index (κ2) is 6.67. The fraction of sp³-hybridized carbons (Fsp3) is 0.286. The predicted molar refractivity (Wildman–Crippen MR) is 81.2 cm³/mol. The monoisotopic (exact) mass is 336 g/mol. The van der Waals surface area contributed by atoms with Crippen LogP contribution in [-0.2, 0) is 13.1 Å². The summed E-state index contributed by atoms with van der Waals surface area (Å²) in [5.74, 6) is -0.0965. The molecule has 2 rings (SSSR count). The first-order chi connectivity index (χ1) is 9.60. The summed E-state index contributed by atoms with van der Waals surface area (Å²) >= 11 is 3.42. The Labute approximate surface area is 126 Å². The van der Waals surface area contributed by atoms with E-state index in [0.717, 1.165) is 10.0 Å². The van der Waals surface area contributed by atoms with Gasteiger partial charge in [0, 0.05) is 37.4 Å². The summed E-state index contributed by atoms with van der Waals surface area (Å²) in [5.41, 5.74) is 6.98. The molecular formula is C14H17BrN4O. The Kier molecular flexibility index (Phi) is 4.92. The topological polar surface area (TPSA) is 64.2 Å². The largest absolute Gasteiger partial charge is 0.336 e. The zero-order valence-electron chi connectivity index (χ0n) is 11.3. The smallest absolute Gasteiger partial charge is 0.274 e. The van der Waals surface area contributed by atoms with Crippen molar-refractivity contribution >= 4 is 21.8 Å². The van der Waals surface area contributed by atoms with Gasteiger partial charge in [-0.25, -0.2) is 4.98 Å². The number of imidazole rings is 1. The number of carbonyl (C=O) groups excluding carboxylic acids is 1. The van der Waals surface area contributed by atoms with Gasteiger partial charge in [-0.15, -0.1) is 0 Å². The molecule has 0 saturated carbocycles. The van der Waals surface area contributed by atoms with Crippen molar-refractivity contribution in [2.75, 3.05) is 13.6 Å². The Morgan fingerprint density at radius 3 is 3.00 bits per heavy atom. The van der Waals surface area contributed by atoms with E-state index in [9.17, 15) is 4.79 Å². The third-order valence-electron chi connectivity index (χ3n) is 2.90. The van der Waals surface area contributed by atoms with Crippen LogP contribution in [0.2, 0.25) is 0 Å². The fourth-order valence-electron chi connectivity index (χ4n) is 1.92. The lowest BCUT2D eigenvalue weighted by Gasteiger charge is -2.16. The molecular weight excluding hydrogens is 320 g/mol. The summed E-state index contributed by atoms with van der Waals surface area (Å²) in [4.78, 5) is 18.0. The Bertz CT molecular complexity index is 596. The number of amides is 1. The maximum Gasteiger partial charge on any atom is 0.274 e. The van der Waals surface area contributed by atoms with Crippen LogP contribution in [0.15, 0.2) is 41.3 Å². The van der Waals surface area contributed by atoms with Crippen molar-refractivity contribution in [2.24, 2.45) is 5.73 Å². The van der Waals surface area contributed by atoms with E-state index in [-0.39, 0.29) is 5.91 Å². The Hall–Kier alpha value is -1.66. The predicted octanol–water partition coefficient (Wildman–Crippen LogP) is 1.88. The average molecular weight is 337 g/mol. The van der Waals surface area contributed by atoms with Gasteiger partial charge in [0.2, 0.25) is 0 Å². The lowest BCUT2D eigenvalue weighted by Crippen LogP contribution is -2.26. The lowest BCUT2D eigenvalue weighted by molar-refractivity contribution is 0.0779. The van der Waals surface area contributed by atoms with Gasteiger partial charge in [0.1, 0.15) is 5.69 Å². The van der Waals surface area contributed by atoms with Crippen LogP contribution in [0.4, 0.5) is 0 Å². The second-order valence-electron chi connectivity index (χ2n) is 4.58. The van der Waals surface area contributed by atoms with Gasteiger partial charge >= 0.3 is 0 Å². The van der Waals surface area contributed by atoms with E-state index in [0.29, 0.717) is 25.3 Å². The van der Waals surface area contributed by atoms with Gasteiger partial charge in [-0.2, -0.15) is 0 Å². The highest BCUT2D eigenvalue weighted by atomic mass is 79.9. The van der Waals surface area contributed by atoms with E-state index < -0.39 is 0 Å². The molecule has 5 nitrogen and oxygen atoms in total. The van der Waals surface area contributed by atoms with Gasteiger partial charge in [0.15, 0.2) is 0 Å². The summed E-state index contributed by atoms with van der Waals surface area (Å²) < 4.78 is 2.82. The highest BCUT2D eigenvalue weighted by Gasteiger charge is 2.14. The standard InChI is InChI=1S/C14H17BrN4O/c1-18(8-11-3-2-4-12(15)7-11)14(20)13-9-19(6-5-16)10-17-13/h2-4,7,9-10H,5-6,8,16H2,1H3. The number of carbonyl (C=O) groups is 1. The molecule has 0 bridgehead atoms. The van der Waals surface area contributed by atoms with E-state index in [4.69, 9.17) is 5.73 Å². The van der Waals surface area contributed by atoms with E-state index in [2.05, 4.69) is 20.9 Å². The SMILES string of the molecule is CN(Cc1cccc(Br)c1)C(=O)c1cn(CCN)cn1. The third-order valence-corrected chi connectivity index (χ3v) is 3.39. The Balaban J connectivity index is 2.04. The quantitative estimate of drug-likeness (QED) is 0.906. The number of nitrogens with zero attached hydrogens (tertiary/aromatic N) is 3. The molecule has 1 aromatic carbocycles. The van der Waals surface area contributed by atoms with Gasteiger partial charge in [-0.3, -0.25) is 4.79 Å². The minimum absolute atomic E-state index is 0.0965. The van der Waals surface area contributed by atoms with Gasteiger partial charge in [-0.05, 0) is 17.7 Å². The molecule has 0 aliphatic carbocycles. The second-order valence-corrected chi connectivity index (χ2v) is 5.49. The van der Waals surface area contributed by atoms with E-state index in [1.165, 1.54) is 0 Å². The molecule has 2 aromatic rings. The van der Waals surface area contributed by atoms with Crippen LogP contribution in [0.5, 0.6) is 0 Å². The highest BCUT2D eigenvalue weighted by Crippen LogP contribution is 2.13. The van der Waals surface area contributed by atoms with Crippen LogP contribution >= 0.6 is 15.9 Å². The summed E-state index contributed by atoms with van der Waals surface area (Å²) in [5, 5.41) is 0. The number of benzene rings is 1. The Morgan fingerprint density at radius 1 is 1.50 bits per heavy atom. The minimum Gasteiger partial charge on any atom is -0.336 e. The molecule has 1 heterocycles. The number of nitrogens with two attached hydrogens (primary N) is 1. The van der Waals surface area contributed by atoms with Crippen molar-refractivity contribution in [3.8, 4) is 0 Å². The van der Waals surface area contributed by atoms with Crippen LogP contribution in [-0.4, -0.2) is 34.0 Å². The van der Waals surface area contributed by atoms with Crippen molar-refractivity contribution in [3.05, 3.63) is 52.5 Å². The summed E-state index contributed by atoms with van der Waals surface area (Å²) in [6, 6.07) is 7.89. The van der Waals surface area contributed by atoms with Crippen LogP contribution in [0.25, 0.3) is 0 Å². The average Bonchev–Trinajstić information content (AvgIpc) is 2.87. The Morgan fingerprint density at radius 2 is 2.30 bits per heavy atom. The molecule has 2 N–H and O–H groups in total. The van der Waals surface area contributed by atoms with Gasteiger partial charge in [0.05, 0.1) is 6.33 Å². The minimum atomic E-state index is -0.0965. The van der Waals surface area contributed by atoms with E-state index in [1.807, 2.05) is 28.8 Å². The number of rotatable bonds is 5. The van der Waals surface area contributed by atoms with Crippen LogP contribution in [0, 0.1) is 0 Å². The first kappa shape index (κ1) is 14.7. The molecule has 6 heteroatoms. The number of halogens is 1. The molecule has 0 aliphatic rings. The lowest BCUT2D eigenvalue weighted by atomic mass is 10.2. The highest BCUT2D eigenvalue weighted by molar-refractivity contribution is 9.10. The van der Waals surface area contributed by atoms with Crippen LogP contribution in [0.3, 0.4) is 0 Å². The van der Waals surface area contributed by atoms with Gasteiger partial charge in [0.25, 0.3) is 5.91 Å². The van der Waals surface area contributed by atoms with Crippen molar-refractivity contribution in [1.82, 2.24) is 14.5 Å². The molecule has 0 radical (unpaired) electrons. The van der Waals surface area contributed by atoms with Crippen molar-refractivity contribution < 1.29 is 4.79 Å². The number of hydrogen-bond donors (Lipinski definition) is 1. The van der Waals surface area contributed by atoms with Gasteiger partial charge in [-0.1, -0.05) is 28.1 Å². The van der Waals surface area contributed by atoms with Crippen LogP contribution in [0.1, 0.15) is 16.1 Å². The third kappa shape index (κ3) is 3.68. The summed E-state index contributed by atoms with van der Waals surface area (Å²) in [6.07, 6.45) is 3.36. The molecule has 0 atom stereocenters. The van der Waals surface area contributed by atoms with Crippen molar-refractivity contribution in [3.63, 3.8) is 0 Å². The van der Waals surface area contributed by atoms with E-state index >= 15 is 0 Å². The molecule has 0 spiro atoms. The fourth-order valence-corrected chi connectivity index (χ4v) is 2.37. The number of aromatic nitrogens is 2. The molecule has 0 fully saturated rings. The maximum absolute atomic E-state index is 12.3. The first-order valence-corrected chi connectivity index (χ1v) is 7.11.